The van der Waals surface area contributed by atoms with Crippen molar-refractivity contribution < 1.29 is 0 Å². The van der Waals surface area contributed by atoms with Gasteiger partial charge in [0.15, 0.2) is 0 Å². The van der Waals surface area contributed by atoms with Crippen LogP contribution in [0, 0.1) is 12.8 Å². The first-order chi connectivity index (χ1) is 7.27. The predicted octanol–water partition coefficient (Wildman–Crippen LogP) is 1.16. The first-order valence-corrected chi connectivity index (χ1v) is 5.64. The molecule has 1 aliphatic rings. The molecule has 3 nitrogen and oxygen atoms in total. The summed E-state index contributed by atoms with van der Waals surface area (Å²) < 4.78 is 1.90. The molecule has 2 rings (SSSR count). The van der Waals surface area contributed by atoms with Crippen molar-refractivity contribution in [3.05, 3.63) is 34.2 Å². The number of rotatable bonds is 2. The van der Waals surface area contributed by atoms with E-state index >= 15 is 0 Å². The largest absolute Gasteiger partial charge is 0.317 e. The van der Waals surface area contributed by atoms with Crippen molar-refractivity contribution in [3.8, 4) is 0 Å². The molecule has 0 saturated carbocycles. The molecule has 0 spiro atoms. The van der Waals surface area contributed by atoms with E-state index in [2.05, 4.69) is 5.32 Å². The molecule has 0 amide bonds. The van der Waals surface area contributed by atoms with E-state index < -0.39 is 0 Å². The maximum atomic E-state index is 11.7. The second-order valence-electron chi connectivity index (χ2n) is 4.31. The lowest BCUT2D eigenvalue weighted by Crippen LogP contribution is -2.33. The van der Waals surface area contributed by atoms with Gasteiger partial charge >= 0.3 is 0 Å². The zero-order chi connectivity index (χ0) is 10.7. The second kappa shape index (κ2) is 4.62. The lowest BCUT2D eigenvalue weighted by Gasteiger charge is -2.24. The minimum absolute atomic E-state index is 0.133. The number of hydrogen-bond acceptors (Lipinski definition) is 2. The van der Waals surface area contributed by atoms with Gasteiger partial charge < -0.3 is 9.88 Å². The van der Waals surface area contributed by atoms with Crippen LogP contribution in [0.3, 0.4) is 0 Å². The molecule has 1 saturated heterocycles. The number of aromatic nitrogens is 1. The van der Waals surface area contributed by atoms with E-state index in [1.165, 1.54) is 12.8 Å². The minimum Gasteiger partial charge on any atom is -0.317 e. The quantitative estimate of drug-likeness (QED) is 0.787. The standard InChI is InChI=1S/C12H18N2O/c1-10-3-2-4-12(15)14(10)9-11-5-7-13-8-6-11/h2-4,11,13H,5-9H2,1H3. The molecule has 0 bridgehead atoms. The van der Waals surface area contributed by atoms with Gasteiger partial charge in [-0.15, -0.1) is 0 Å². The van der Waals surface area contributed by atoms with E-state index in [9.17, 15) is 4.79 Å². The number of hydrogen-bond donors (Lipinski definition) is 1. The van der Waals surface area contributed by atoms with Crippen molar-refractivity contribution >= 4 is 0 Å². The molecule has 15 heavy (non-hydrogen) atoms. The fourth-order valence-corrected chi connectivity index (χ4v) is 2.18. The van der Waals surface area contributed by atoms with Gasteiger partial charge in [-0.2, -0.15) is 0 Å². The first-order valence-electron chi connectivity index (χ1n) is 5.64. The highest BCUT2D eigenvalue weighted by molar-refractivity contribution is 5.04. The molecule has 1 N–H and O–H groups in total. The fraction of sp³-hybridized carbons (Fsp3) is 0.583. The molecular weight excluding hydrogens is 188 g/mol. The molecule has 1 aliphatic heterocycles. The molecule has 0 unspecified atom stereocenters. The van der Waals surface area contributed by atoms with Crippen LogP contribution in [-0.2, 0) is 6.54 Å². The van der Waals surface area contributed by atoms with Crippen LogP contribution >= 0.6 is 0 Å². The van der Waals surface area contributed by atoms with Crippen LogP contribution in [0.5, 0.6) is 0 Å². The maximum Gasteiger partial charge on any atom is 0.250 e. The summed E-state index contributed by atoms with van der Waals surface area (Å²) in [5, 5.41) is 3.34. The van der Waals surface area contributed by atoms with Gasteiger partial charge in [-0.05, 0) is 44.8 Å². The smallest absolute Gasteiger partial charge is 0.250 e. The van der Waals surface area contributed by atoms with E-state index in [1.807, 2.05) is 23.6 Å². The number of pyridine rings is 1. The summed E-state index contributed by atoms with van der Waals surface area (Å²) in [4.78, 5) is 11.7. The van der Waals surface area contributed by atoms with Gasteiger partial charge in [0.05, 0.1) is 0 Å². The second-order valence-corrected chi connectivity index (χ2v) is 4.31. The summed E-state index contributed by atoms with van der Waals surface area (Å²) in [6.45, 7) is 5.06. The Morgan fingerprint density at radius 1 is 1.40 bits per heavy atom. The summed E-state index contributed by atoms with van der Waals surface area (Å²) >= 11 is 0. The van der Waals surface area contributed by atoms with Crippen LogP contribution < -0.4 is 10.9 Å². The lowest BCUT2D eigenvalue weighted by atomic mass is 9.98. The highest BCUT2D eigenvalue weighted by Gasteiger charge is 2.14. The van der Waals surface area contributed by atoms with Crippen molar-refractivity contribution in [2.75, 3.05) is 13.1 Å². The molecule has 2 heterocycles. The Morgan fingerprint density at radius 2 is 2.13 bits per heavy atom. The van der Waals surface area contributed by atoms with Crippen molar-refractivity contribution in [2.24, 2.45) is 5.92 Å². The molecule has 0 radical (unpaired) electrons. The van der Waals surface area contributed by atoms with Crippen molar-refractivity contribution in [1.82, 2.24) is 9.88 Å². The predicted molar refractivity (Wildman–Crippen MR) is 61.0 cm³/mol. The first kappa shape index (κ1) is 10.4. The summed E-state index contributed by atoms with van der Waals surface area (Å²) in [7, 11) is 0. The van der Waals surface area contributed by atoms with Crippen LogP contribution in [0.4, 0.5) is 0 Å². The number of piperidine rings is 1. The van der Waals surface area contributed by atoms with Crippen molar-refractivity contribution in [1.29, 1.82) is 0 Å². The Labute approximate surface area is 90.1 Å². The van der Waals surface area contributed by atoms with Crippen LogP contribution in [-0.4, -0.2) is 17.7 Å². The maximum absolute atomic E-state index is 11.7. The summed E-state index contributed by atoms with van der Waals surface area (Å²) in [6.07, 6.45) is 2.36. The van der Waals surface area contributed by atoms with E-state index in [0.717, 1.165) is 25.3 Å². The number of nitrogens with zero attached hydrogens (tertiary/aromatic N) is 1. The summed E-state index contributed by atoms with van der Waals surface area (Å²) in [5.74, 6) is 0.657. The summed E-state index contributed by atoms with van der Waals surface area (Å²) in [5.41, 5.74) is 1.20. The molecular formula is C12H18N2O. The third-order valence-corrected chi connectivity index (χ3v) is 3.17. The number of nitrogens with one attached hydrogen (secondary N) is 1. The topological polar surface area (TPSA) is 34.0 Å². The van der Waals surface area contributed by atoms with Gasteiger partial charge in [-0.3, -0.25) is 4.79 Å². The van der Waals surface area contributed by atoms with E-state index in [-0.39, 0.29) is 5.56 Å². The molecule has 3 heteroatoms. The SMILES string of the molecule is Cc1cccc(=O)n1CC1CCNCC1. The fourth-order valence-electron chi connectivity index (χ4n) is 2.18. The molecule has 0 aromatic carbocycles. The average Bonchev–Trinajstić information content (AvgIpc) is 2.25. The third-order valence-electron chi connectivity index (χ3n) is 3.17. The van der Waals surface area contributed by atoms with Gasteiger partial charge in [-0.1, -0.05) is 6.07 Å². The van der Waals surface area contributed by atoms with E-state index in [0.29, 0.717) is 5.92 Å². The zero-order valence-corrected chi connectivity index (χ0v) is 9.20. The zero-order valence-electron chi connectivity index (χ0n) is 9.20. The van der Waals surface area contributed by atoms with Crippen LogP contribution in [0.25, 0.3) is 0 Å². The highest BCUT2D eigenvalue weighted by Crippen LogP contribution is 2.13. The van der Waals surface area contributed by atoms with Gasteiger partial charge in [0.1, 0.15) is 0 Å². The minimum atomic E-state index is 0.133. The molecule has 0 atom stereocenters. The summed E-state index contributed by atoms with van der Waals surface area (Å²) in [6, 6.07) is 5.48. The highest BCUT2D eigenvalue weighted by atomic mass is 16.1. The Balaban J connectivity index is 2.12. The van der Waals surface area contributed by atoms with E-state index in [4.69, 9.17) is 0 Å². The Hall–Kier alpha value is -1.09. The van der Waals surface area contributed by atoms with Gasteiger partial charge in [0.25, 0.3) is 5.56 Å². The molecule has 1 fully saturated rings. The van der Waals surface area contributed by atoms with Gasteiger partial charge in [0.2, 0.25) is 0 Å². The average molecular weight is 206 g/mol. The molecule has 0 aliphatic carbocycles. The molecule has 1 aromatic heterocycles. The van der Waals surface area contributed by atoms with Gasteiger partial charge in [-0.25, -0.2) is 0 Å². The monoisotopic (exact) mass is 206 g/mol. The lowest BCUT2D eigenvalue weighted by molar-refractivity contribution is 0.327. The van der Waals surface area contributed by atoms with Crippen LogP contribution in [0.15, 0.2) is 23.0 Å². The van der Waals surface area contributed by atoms with E-state index in [1.54, 1.807) is 6.07 Å². The van der Waals surface area contributed by atoms with Crippen LogP contribution in [0.1, 0.15) is 18.5 Å². The third kappa shape index (κ3) is 2.48. The van der Waals surface area contributed by atoms with Crippen LogP contribution in [0.2, 0.25) is 0 Å². The Kier molecular flexibility index (Phi) is 3.21. The number of aryl methyl sites for hydroxylation is 1. The molecule has 1 aromatic rings. The van der Waals surface area contributed by atoms with Gasteiger partial charge in [0, 0.05) is 18.3 Å². The Bertz CT molecular complexity index is 377. The van der Waals surface area contributed by atoms with Crippen molar-refractivity contribution in [2.45, 2.75) is 26.3 Å². The normalized spacial score (nSPS) is 17.9. The Morgan fingerprint density at radius 3 is 2.80 bits per heavy atom. The molecule has 82 valence electrons. The van der Waals surface area contributed by atoms with Crippen molar-refractivity contribution in [3.63, 3.8) is 0 Å².